The standard InChI is InChI=1S/C17H21N3O4S/c1-3-18-17(23)20-16(22)11(2)24-15(21)10-6-9-14-19-12-7-4-5-8-13(12)25-14/h4-5,7-8,11H,3,6,9-10H2,1-2H3,(H2,18,20,22,23)/t11-/m0/s1. The number of ether oxygens (including phenoxy) is 1. The van der Waals surface area contributed by atoms with Gasteiger partial charge in [-0.05, 0) is 38.8 Å². The van der Waals surface area contributed by atoms with Crippen molar-refractivity contribution in [2.45, 2.75) is 39.2 Å². The molecule has 7 nitrogen and oxygen atoms in total. The lowest BCUT2D eigenvalue weighted by atomic mass is 10.2. The largest absolute Gasteiger partial charge is 0.453 e. The molecule has 134 valence electrons. The van der Waals surface area contributed by atoms with Crippen LogP contribution in [0, 0.1) is 0 Å². The molecule has 1 atom stereocenters. The summed E-state index contributed by atoms with van der Waals surface area (Å²) in [5.41, 5.74) is 0.959. The van der Waals surface area contributed by atoms with Crippen molar-refractivity contribution in [3.8, 4) is 0 Å². The summed E-state index contributed by atoms with van der Waals surface area (Å²) in [5.74, 6) is -1.12. The van der Waals surface area contributed by atoms with Crippen LogP contribution in [-0.2, 0) is 20.7 Å². The topological polar surface area (TPSA) is 97.4 Å². The molecule has 0 aliphatic heterocycles. The zero-order chi connectivity index (χ0) is 18.2. The lowest BCUT2D eigenvalue weighted by Crippen LogP contribution is -2.44. The summed E-state index contributed by atoms with van der Waals surface area (Å²) < 4.78 is 6.16. The number of carbonyl (C=O) groups is 3. The van der Waals surface area contributed by atoms with E-state index in [0.29, 0.717) is 19.4 Å². The molecule has 0 radical (unpaired) electrons. The van der Waals surface area contributed by atoms with E-state index in [2.05, 4.69) is 15.6 Å². The molecule has 0 saturated heterocycles. The molecule has 1 aromatic carbocycles. The number of hydrogen-bond donors (Lipinski definition) is 2. The fourth-order valence-corrected chi connectivity index (χ4v) is 3.15. The fraction of sp³-hybridized carbons (Fsp3) is 0.412. The van der Waals surface area contributed by atoms with Gasteiger partial charge in [0.25, 0.3) is 5.91 Å². The molecule has 3 amide bonds. The van der Waals surface area contributed by atoms with E-state index in [1.165, 1.54) is 6.92 Å². The Kier molecular flexibility index (Phi) is 6.88. The van der Waals surface area contributed by atoms with E-state index in [1.807, 2.05) is 24.3 Å². The minimum absolute atomic E-state index is 0.189. The van der Waals surface area contributed by atoms with Crippen molar-refractivity contribution >= 4 is 39.5 Å². The number of aryl methyl sites for hydroxylation is 1. The molecule has 25 heavy (non-hydrogen) atoms. The van der Waals surface area contributed by atoms with Gasteiger partial charge in [-0.1, -0.05) is 12.1 Å². The molecule has 0 unspecified atom stereocenters. The molecule has 0 spiro atoms. The van der Waals surface area contributed by atoms with Crippen LogP contribution in [0.2, 0.25) is 0 Å². The minimum atomic E-state index is -1.02. The van der Waals surface area contributed by atoms with Crippen LogP contribution in [0.5, 0.6) is 0 Å². The van der Waals surface area contributed by atoms with Crippen LogP contribution >= 0.6 is 11.3 Å². The van der Waals surface area contributed by atoms with Gasteiger partial charge in [0.1, 0.15) is 0 Å². The maximum atomic E-state index is 11.8. The van der Waals surface area contributed by atoms with Crippen molar-refractivity contribution in [1.82, 2.24) is 15.6 Å². The number of amides is 3. The lowest BCUT2D eigenvalue weighted by molar-refractivity contribution is -0.154. The van der Waals surface area contributed by atoms with Crippen molar-refractivity contribution in [3.05, 3.63) is 29.3 Å². The second-order valence-electron chi connectivity index (χ2n) is 5.41. The molecule has 0 aliphatic carbocycles. The van der Waals surface area contributed by atoms with Gasteiger partial charge in [-0.2, -0.15) is 0 Å². The van der Waals surface area contributed by atoms with E-state index in [-0.39, 0.29) is 6.42 Å². The third-order valence-electron chi connectivity index (χ3n) is 3.36. The molecule has 0 aliphatic rings. The van der Waals surface area contributed by atoms with Gasteiger partial charge in [-0.25, -0.2) is 9.78 Å². The van der Waals surface area contributed by atoms with E-state index >= 15 is 0 Å². The number of imide groups is 1. The number of para-hydroxylation sites is 1. The lowest BCUT2D eigenvalue weighted by Gasteiger charge is -2.12. The summed E-state index contributed by atoms with van der Waals surface area (Å²) in [4.78, 5) is 39.3. The third-order valence-corrected chi connectivity index (χ3v) is 4.46. The molecule has 0 bridgehead atoms. The summed E-state index contributed by atoms with van der Waals surface area (Å²) in [6.07, 6.45) is 0.434. The third kappa shape index (κ3) is 5.82. The Morgan fingerprint density at radius 3 is 2.76 bits per heavy atom. The Hall–Kier alpha value is -2.48. The molecule has 2 N–H and O–H groups in total. The first-order chi connectivity index (χ1) is 12.0. The number of aromatic nitrogens is 1. The normalized spacial score (nSPS) is 11.8. The molecule has 1 heterocycles. The Bertz CT molecular complexity index is 726. The maximum absolute atomic E-state index is 11.8. The van der Waals surface area contributed by atoms with Crippen LogP contribution in [0.4, 0.5) is 4.79 Å². The van der Waals surface area contributed by atoms with Crippen LogP contribution < -0.4 is 10.6 Å². The van der Waals surface area contributed by atoms with Gasteiger partial charge in [0.15, 0.2) is 6.10 Å². The molecule has 8 heteroatoms. The fourth-order valence-electron chi connectivity index (χ4n) is 2.14. The second kappa shape index (κ2) is 9.12. The summed E-state index contributed by atoms with van der Waals surface area (Å²) in [5, 5.41) is 5.51. The number of carbonyl (C=O) groups excluding carboxylic acids is 3. The number of esters is 1. The zero-order valence-electron chi connectivity index (χ0n) is 14.2. The van der Waals surface area contributed by atoms with Gasteiger partial charge in [-0.15, -0.1) is 11.3 Å². The van der Waals surface area contributed by atoms with Crippen LogP contribution in [0.1, 0.15) is 31.7 Å². The predicted octanol–water partition coefficient (Wildman–Crippen LogP) is 2.40. The van der Waals surface area contributed by atoms with Gasteiger partial charge >= 0.3 is 12.0 Å². The van der Waals surface area contributed by atoms with E-state index in [4.69, 9.17) is 4.74 Å². The zero-order valence-corrected chi connectivity index (χ0v) is 15.0. The highest BCUT2D eigenvalue weighted by Gasteiger charge is 2.19. The van der Waals surface area contributed by atoms with E-state index < -0.39 is 24.0 Å². The SMILES string of the molecule is CCNC(=O)NC(=O)[C@H](C)OC(=O)CCCc1nc2ccccc2s1. The number of benzene rings is 1. The molecular formula is C17H21N3O4S. The van der Waals surface area contributed by atoms with Crippen molar-refractivity contribution < 1.29 is 19.1 Å². The molecule has 0 fully saturated rings. The van der Waals surface area contributed by atoms with Crippen LogP contribution in [0.25, 0.3) is 10.2 Å². The minimum Gasteiger partial charge on any atom is -0.453 e. The average molecular weight is 363 g/mol. The molecule has 1 aromatic heterocycles. The van der Waals surface area contributed by atoms with Gasteiger partial charge in [0, 0.05) is 13.0 Å². The molecule has 2 rings (SSSR count). The monoisotopic (exact) mass is 363 g/mol. The van der Waals surface area contributed by atoms with Crippen molar-refractivity contribution in [1.29, 1.82) is 0 Å². The van der Waals surface area contributed by atoms with Crippen LogP contribution in [0.3, 0.4) is 0 Å². The van der Waals surface area contributed by atoms with Crippen LogP contribution in [-0.4, -0.2) is 35.5 Å². The summed E-state index contributed by atoms with van der Waals surface area (Å²) in [6, 6.07) is 7.27. The quantitative estimate of drug-likeness (QED) is 0.736. The number of nitrogens with one attached hydrogen (secondary N) is 2. The van der Waals surface area contributed by atoms with Crippen molar-refractivity contribution in [3.63, 3.8) is 0 Å². The Morgan fingerprint density at radius 2 is 2.04 bits per heavy atom. The molecule has 2 aromatic rings. The summed E-state index contributed by atoms with van der Waals surface area (Å²) in [6.45, 7) is 3.57. The average Bonchev–Trinajstić information content (AvgIpc) is 2.97. The maximum Gasteiger partial charge on any atom is 0.321 e. The molecular weight excluding hydrogens is 342 g/mol. The van der Waals surface area contributed by atoms with Gasteiger partial charge in [0.2, 0.25) is 0 Å². The van der Waals surface area contributed by atoms with Gasteiger partial charge < -0.3 is 10.1 Å². The first-order valence-corrected chi connectivity index (χ1v) is 8.94. The number of nitrogens with zero attached hydrogens (tertiary/aromatic N) is 1. The van der Waals surface area contributed by atoms with Crippen molar-refractivity contribution in [2.24, 2.45) is 0 Å². The number of fused-ring (bicyclic) bond motifs is 1. The van der Waals surface area contributed by atoms with Crippen LogP contribution in [0.15, 0.2) is 24.3 Å². The highest BCUT2D eigenvalue weighted by atomic mass is 32.1. The van der Waals surface area contributed by atoms with Gasteiger partial charge in [-0.3, -0.25) is 14.9 Å². The van der Waals surface area contributed by atoms with Crippen molar-refractivity contribution in [2.75, 3.05) is 6.54 Å². The number of hydrogen-bond acceptors (Lipinski definition) is 6. The Labute approximate surface area is 149 Å². The highest BCUT2D eigenvalue weighted by molar-refractivity contribution is 7.18. The first kappa shape index (κ1) is 18.9. The Balaban J connectivity index is 1.72. The van der Waals surface area contributed by atoms with Gasteiger partial charge in [0.05, 0.1) is 15.2 Å². The Morgan fingerprint density at radius 1 is 1.28 bits per heavy atom. The predicted molar refractivity (Wildman–Crippen MR) is 95.3 cm³/mol. The molecule has 0 saturated carbocycles. The van der Waals surface area contributed by atoms with E-state index in [9.17, 15) is 14.4 Å². The van der Waals surface area contributed by atoms with E-state index in [0.717, 1.165) is 15.2 Å². The highest BCUT2D eigenvalue weighted by Crippen LogP contribution is 2.22. The van der Waals surface area contributed by atoms with E-state index in [1.54, 1.807) is 18.3 Å². The number of rotatable bonds is 7. The number of thiazole rings is 1. The second-order valence-corrected chi connectivity index (χ2v) is 6.52. The smallest absolute Gasteiger partial charge is 0.321 e. The summed E-state index contributed by atoms with van der Waals surface area (Å²) in [7, 11) is 0. The first-order valence-electron chi connectivity index (χ1n) is 8.12. The number of urea groups is 1. The summed E-state index contributed by atoms with van der Waals surface area (Å²) >= 11 is 1.61.